The number of aryl methyl sites for hydroxylation is 1. The van der Waals surface area contributed by atoms with Crippen molar-refractivity contribution in [3.63, 3.8) is 0 Å². The summed E-state index contributed by atoms with van der Waals surface area (Å²) in [6, 6.07) is 7.13. The molecule has 0 radical (unpaired) electrons. The molecule has 0 saturated heterocycles. The third kappa shape index (κ3) is 6.77. The Morgan fingerprint density at radius 2 is 1.58 bits per heavy atom. The zero-order chi connectivity index (χ0) is 18.7. The van der Waals surface area contributed by atoms with E-state index in [-0.39, 0.29) is 0 Å². The van der Waals surface area contributed by atoms with E-state index in [1.807, 2.05) is 38.6 Å². The van der Waals surface area contributed by atoms with E-state index in [1.165, 1.54) is 5.56 Å². The lowest BCUT2D eigenvalue weighted by molar-refractivity contribution is 0.0712. The molecule has 0 amide bonds. The van der Waals surface area contributed by atoms with Crippen molar-refractivity contribution in [2.75, 3.05) is 38.1 Å². The maximum absolute atomic E-state index is 5.90. The summed E-state index contributed by atoms with van der Waals surface area (Å²) < 4.78 is 28.5. The van der Waals surface area contributed by atoms with Gasteiger partial charge in [-0.15, -0.1) is 0 Å². The van der Waals surface area contributed by atoms with Crippen LogP contribution in [0.4, 0.5) is 0 Å². The molecule has 0 unspecified atom stereocenters. The third-order valence-corrected chi connectivity index (χ3v) is 8.36. The maximum Gasteiger partial charge on any atom is 0.500 e. The van der Waals surface area contributed by atoms with Gasteiger partial charge in [0.1, 0.15) is 0 Å². The fraction of sp³-hybridized carbons (Fsp3) is 0.684. The number of hydrogen-bond acceptors (Lipinski definition) is 6. The molecule has 0 saturated carbocycles. The van der Waals surface area contributed by atoms with Gasteiger partial charge in [-0.25, -0.2) is 0 Å². The van der Waals surface area contributed by atoms with Crippen LogP contribution in [0.2, 0.25) is 6.04 Å². The van der Waals surface area contributed by atoms with E-state index >= 15 is 0 Å². The van der Waals surface area contributed by atoms with E-state index in [9.17, 15) is 0 Å². The van der Waals surface area contributed by atoms with Crippen molar-refractivity contribution in [2.45, 2.75) is 46.1 Å². The highest BCUT2D eigenvalue weighted by Gasteiger charge is 2.39. The van der Waals surface area contributed by atoms with Crippen LogP contribution in [0.5, 0.6) is 11.5 Å². The topological polar surface area (TPSA) is 46.2 Å². The van der Waals surface area contributed by atoms with Crippen LogP contribution in [0.25, 0.3) is 0 Å². The molecule has 0 aliphatic carbocycles. The normalized spacial score (nSPS) is 13.3. The number of hydrogen-bond donors (Lipinski definition) is 0. The number of benzene rings is 1. The number of ether oxygens (including phenoxy) is 2. The number of rotatable bonds is 14. The molecule has 148 valence electrons. The summed E-state index contributed by atoms with van der Waals surface area (Å²) in [5, 5.41) is 0. The molecule has 7 heteroatoms. The second-order valence-electron chi connectivity index (χ2n) is 5.99. The van der Waals surface area contributed by atoms with Crippen molar-refractivity contribution in [3.05, 3.63) is 23.8 Å². The first-order valence-electron chi connectivity index (χ1n) is 9.61. The van der Waals surface area contributed by atoms with Crippen LogP contribution in [0, 0.1) is 0 Å². The van der Waals surface area contributed by atoms with Crippen molar-refractivity contribution in [1.82, 2.24) is 0 Å². The minimum absolute atomic E-state index is 0.338. The van der Waals surface area contributed by atoms with E-state index in [1.54, 1.807) is 0 Å². The third-order valence-electron chi connectivity index (χ3n) is 4.06. The van der Waals surface area contributed by atoms with Gasteiger partial charge in [0.2, 0.25) is 6.79 Å². The molecule has 1 aliphatic rings. The van der Waals surface area contributed by atoms with Crippen molar-refractivity contribution < 1.29 is 22.8 Å². The second kappa shape index (κ2) is 11.9. The van der Waals surface area contributed by atoms with Gasteiger partial charge in [0, 0.05) is 25.9 Å². The van der Waals surface area contributed by atoms with Crippen LogP contribution < -0.4 is 9.47 Å². The molecule has 1 aromatic rings. The van der Waals surface area contributed by atoms with Crippen LogP contribution in [0.15, 0.2) is 18.2 Å². The lowest BCUT2D eigenvalue weighted by Crippen LogP contribution is -2.46. The Balaban J connectivity index is 1.62. The summed E-state index contributed by atoms with van der Waals surface area (Å²) in [5.74, 6) is 4.00. The van der Waals surface area contributed by atoms with E-state index in [4.69, 9.17) is 22.8 Å². The van der Waals surface area contributed by atoms with Gasteiger partial charge in [-0.05, 0) is 69.2 Å². The van der Waals surface area contributed by atoms with Crippen LogP contribution >= 0.6 is 11.8 Å². The quantitative estimate of drug-likeness (QED) is 0.338. The molecule has 1 aliphatic heterocycles. The Morgan fingerprint density at radius 1 is 0.923 bits per heavy atom. The van der Waals surface area contributed by atoms with Crippen LogP contribution in [-0.2, 0) is 19.7 Å². The van der Waals surface area contributed by atoms with Gasteiger partial charge < -0.3 is 22.8 Å². The van der Waals surface area contributed by atoms with Crippen molar-refractivity contribution in [1.29, 1.82) is 0 Å². The predicted octanol–water partition coefficient (Wildman–Crippen LogP) is 4.52. The molecule has 26 heavy (non-hydrogen) atoms. The van der Waals surface area contributed by atoms with Crippen LogP contribution in [0.1, 0.15) is 39.2 Å². The maximum atomic E-state index is 5.90. The molecule has 0 bridgehead atoms. The lowest BCUT2D eigenvalue weighted by Gasteiger charge is -2.28. The molecular weight excluding hydrogens is 368 g/mol. The van der Waals surface area contributed by atoms with Gasteiger partial charge in [0.15, 0.2) is 11.5 Å². The van der Waals surface area contributed by atoms with Gasteiger partial charge in [-0.3, -0.25) is 0 Å². The molecule has 1 heterocycles. The minimum atomic E-state index is -2.47. The summed E-state index contributed by atoms with van der Waals surface area (Å²) in [4.78, 5) is 0. The standard InChI is InChI=1S/C19H32O5SSi/c1-4-22-26(23-5-2,24-6-3)14-8-13-25-12-7-9-17-10-11-18-19(15-17)21-16-20-18/h10-11,15H,4-9,12-14,16H2,1-3H3. The Bertz CT molecular complexity index is 512. The first kappa shape index (κ1) is 21.6. The first-order valence-corrected chi connectivity index (χ1v) is 12.7. The zero-order valence-corrected chi connectivity index (χ0v) is 18.1. The SMILES string of the molecule is CCO[Si](CCCSCCCc1ccc2c(c1)OCO2)(OCC)OCC. The summed E-state index contributed by atoms with van der Waals surface area (Å²) in [5.41, 5.74) is 1.31. The van der Waals surface area contributed by atoms with E-state index in [2.05, 4.69) is 12.1 Å². The average molecular weight is 401 g/mol. The van der Waals surface area contributed by atoms with E-state index in [0.717, 1.165) is 48.3 Å². The first-order chi connectivity index (χ1) is 12.7. The van der Waals surface area contributed by atoms with Crippen LogP contribution in [-0.4, -0.2) is 46.9 Å². The largest absolute Gasteiger partial charge is 0.500 e. The fourth-order valence-corrected chi connectivity index (χ4v) is 6.74. The summed E-state index contributed by atoms with van der Waals surface area (Å²) in [6.07, 6.45) is 3.30. The van der Waals surface area contributed by atoms with Gasteiger partial charge in [0.25, 0.3) is 0 Å². The lowest BCUT2D eigenvalue weighted by atomic mass is 10.1. The van der Waals surface area contributed by atoms with Crippen molar-refractivity contribution in [2.24, 2.45) is 0 Å². The minimum Gasteiger partial charge on any atom is -0.454 e. The summed E-state index contributed by atoms with van der Waals surface area (Å²) in [7, 11) is -2.47. The average Bonchev–Trinajstić information content (AvgIpc) is 3.09. The Hall–Kier alpha value is -0.733. The Labute approximate surface area is 163 Å². The van der Waals surface area contributed by atoms with E-state index in [0.29, 0.717) is 26.6 Å². The molecule has 0 spiro atoms. The molecule has 5 nitrogen and oxygen atoms in total. The number of fused-ring (bicyclic) bond motifs is 1. The van der Waals surface area contributed by atoms with Gasteiger partial charge in [-0.2, -0.15) is 11.8 Å². The highest BCUT2D eigenvalue weighted by atomic mass is 32.2. The number of thioether (sulfide) groups is 1. The summed E-state index contributed by atoms with van der Waals surface area (Å²) in [6.45, 7) is 8.30. The fourth-order valence-electron chi connectivity index (χ4n) is 2.97. The van der Waals surface area contributed by atoms with Crippen molar-refractivity contribution in [3.8, 4) is 11.5 Å². The van der Waals surface area contributed by atoms with Gasteiger partial charge >= 0.3 is 8.80 Å². The zero-order valence-electron chi connectivity index (χ0n) is 16.3. The Morgan fingerprint density at radius 3 is 2.27 bits per heavy atom. The molecular formula is C19H32O5SSi. The summed E-state index contributed by atoms with van der Waals surface area (Å²) >= 11 is 1.99. The molecule has 0 N–H and O–H groups in total. The molecule has 0 fully saturated rings. The Kier molecular flexibility index (Phi) is 9.85. The molecule has 0 atom stereocenters. The molecule has 1 aromatic carbocycles. The van der Waals surface area contributed by atoms with Gasteiger partial charge in [-0.1, -0.05) is 6.07 Å². The molecule has 0 aromatic heterocycles. The highest BCUT2D eigenvalue weighted by Crippen LogP contribution is 2.32. The van der Waals surface area contributed by atoms with Crippen LogP contribution in [0.3, 0.4) is 0 Å². The monoisotopic (exact) mass is 400 g/mol. The van der Waals surface area contributed by atoms with E-state index < -0.39 is 8.80 Å². The predicted molar refractivity (Wildman–Crippen MR) is 108 cm³/mol. The molecule has 2 rings (SSSR count). The van der Waals surface area contributed by atoms with Gasteiger partial charge in [0.05, 0.1) is 0 Å². The van der Waals surface area contributed by atoms with Crippen molar-refractivity contribution >= 4 is 20.6 Å². The highest BCUT2D eigenvalue weighted by molar-refractivity contribution is 7.99. The smallest absolute Gasteiger partial charge is 0.454 e. The second-order valence-corrected chi connectivity index (χ2v) is 9.95.